The van der Waals surface area contributed by atoms with Crippen LogP contribution in [0.3, 0.4) is 0 Å². The molecule has 8 nitrogen and oxygen atoms in total. The van der Waals surface area contributed by atoms with Crippen molar-refractivity contribution in [2.45, 2.75) is 26.0 Å². The molecule has 35 heavy (non-hydrogen) atoms. The van der Waals surface area contributed by atoms with E-state index in [4.69, 9.17) is 9.47 Å². The third-order valence-electron chi connectivity index (χ3n) is 6.34. The molecule has 0 saturated carbocycles. The van der Waals surface area contributed by atoms with Gasteiger partial charge in [0.05, 0.1) is 24.8 Å². The third-order valence-corrected chi connectivity index (χ3v) is 6.34. The monoisotopic (exact) mass is 479 g/mol. The van der Waals surface area contributed by atoms with Crippen molar-refractivity contribution >= 4 is 17.4 Å². The fourth-order valence-corrected chi connectivity index (χ4v) is 4.55. The predicted octanol–water partition coefficient (Wildman–Crippen LogP) is 2.81. The average Bonchev–Trinajstić information content (AvgIpc) is 3.12. The van der Waals surface area contributed by atoms with Crippen LogP contribution in [0, 0.1) is 0 Å². The molecular weight excluding hydrogens is 446 g/mol. The van der Waals surface area contributed by atoms with Gasteiger partial charge in [0, 0.05) is 44.8 Å². The first-order chi connectivity index (χ1) is 16.9. The van der Waals surface area contributed by atoms with Gasteiger partial charge in [-0.1, -0.05) is 12.1 Å². The van der Waals surface area contributed by atoms with Gasteiger partial charge in [-0.3, -0.25) is 14.5 Å². The normalized spacial score (nSPS) is 20.5. The van der Waals surface area contributed by atoms with Crippen LogP contribution in [0.5, 0.6) is 11.5 Å². The molecule has 2 fully saturated rings. The van der Waals surface area contributed by atoms with Crippen LogP contribution in [0.25, 0.3) is 5.76 Å². The second kappa shape index (κ2) is 10.9. The van der Waals surface area contributed by atoms with E-state index in [1.165, 1.54) is 0 Å². The Balaban J connectivity index is 1.69. The van der Waals surface area contributed by atoms with Crippen LogP contribution in [-0.2, 0) is 9.59 Å². The quantitative estimate of drug-likeness (QED) is 0.342. The minimum Gasteiger partial charge on any atom is -0.507 e. The number of ether oxygens (including phenoxy) is 2. The molecule has 2 aromatic rings. The summed E-state index contributed by atoms with van der Waals surface area (Å²) in [4.78, 5) is 30.2. The molecule has 1 atom stereocenters. The number of carbonyl (C=O) groups is 2. The van der Waals surface area contributed by atoms with Crippen molar-refractivity contribution in [3.63, 3.8) is 0 Å². The maximum atomic E-state index is 13.2. The van der Waals surface area contributed by atoms with Crippen LogP contribution in [0.1, 0.15) is 31.0 Å². The Morgan fingerprint density at radius 3 is 2.23 bits per heavy atom. The number of piperazine rings is 1. The number of ketones is 1. The Hall–Kier alpha value is -3.36. The molecule has 0 radical (unpaired) electrons. The highest BCUT2D eigenvalue weighted by Gasteiger charge is 2.46. The van der Waals surface area contributed by atoms with E-state index in [1.54, 1.807) is 48.4 Å². The van der Waals surface area contributed by atoms with Crippen molar-refractivity contribution in [1.82, 2.24) is 15.1 Å². The summed E-state index contributed by atoms with van der Waals surface area (Å²) in [6, 6.07) is 13.5. The smallest absolute Gasteiger partial charge is 0.295 e. The van der Waals surface area contributed by atoms with Gasteiger partial charge in [0.25, 0.3) is 11.7 Å². The second-order valence-corrected chi connectivity index (χ2v) is 9.05. The number of hydrogen-bond acceptors (Lipinski definition) is 7. The first kappa shape index (κ1) is 24.8. The molecule has 0 spiro atoms. The lowest BCUT2D eigenvalue weighted by molar-refractivity contribution is -0.140. The summed E-state index contributed by atoms with van der Waals surface area (Å²) in [7, 11) is 1.58. The number of carbonyl (C=O) groups excluding carboxylic acids is 2. The van der Waals surface area contributed by atoms with Gasteiger partial charge in [0.2, 0.25) is 0 Å². The van der Waals surface area contributed by atoms with Gasteiger partial charge < -0.3 is 24.8 Å². The fourth-order valence-electron chi connectivity index (χ4n) is 4.55. The van der Waals surface area contributed by atoms with Gasteiger partial charge in [-0.05, 0) is 55.8 Å². The third kappa shape index (κ3) is 5.49. The maximum absolute atomic E-state index is 13.2. The largest absolute Gasteiger partial charge is 0.507 e. The number of amides is 1. The molecule has 1 unspecified atom stereocenters. The van der Waals surface area contributed by atoms with Crippen LogP contribution in [0.15, 0.2) is 54.1 Å². The summed E-state index contributed by atoms with van der Waals surface area (Å²) in [6.45, 7) is 8.50. The molecule has 2 aliphatic rings. The van der Waals surface area contributed by atoms with Crippen LogP contribution < -0.4 is 14.8 Å². The number of aliphatic hydroxyl groups excluding tert-OH is 1. The molecule has 4 rings (SSSR count). The second-order valence-electron chi connectivity index (χ2n) is 9.05. The Labute approximate surface area is 206 Å². The summed E-state index contributed by atoms with van der Waals surface area (Å²) in [5.41, 5.74) is 1.30. The van der Waals surface area contributed by atoms with Crippen molar-refractivity contribution in [2.75, 3.05) is 46.4 Å². The molecule has 2 heterocycles. The lowest BCUT2D eigenvalue weighted by Gasteiger charge is -2.31. The molecule has 8 heteroatoms. The van der Waals surface area contributed by atoms with Gasteiger partial charge in [0.1, 0.15) is 17.3 Å². The van der Waals surface area contributed by atoms with Crippen molar-refractivity contribution in [3.05, 3.63) is 65.2 Å². The lowest BCUT2D eigenvalue weighted by atomic mass is 9.95. The zero-order valence-electron chi connectivity index (χ0n) is 20.5. The predicted molar refractivity (Wildman–Crippen MR) is 134 cm³/mol. The molecule has 2 aromatic carbocycles. The summed E-state index contributed by atoms with van der Waals surface area (Å²) in [6.07, 6.45) is 0.0190. The topological polar surface area (TPSA) is 91.3 Å². The zero-order valence-corrected chi connectivity index (χ0v) is 20.5. The number of nitrogens with zero attached hydrogens (tertiary/aromatic N) is 2. The van der Waals surface area contributed by atoms with Gasteiger partial charge in [-0.15, -0.1) is 0 Å². The maximum Gasteiger partial charge on any atom is 0.295 e. The van der Waals surface area contributed by atoms with E-state index in [1.807, 2.05) is 26.0 Å². The molecule has 2 N–H and O–H groups in total. The standard InChI is InChI=1S/C27H33N3O5/c1-18(2)35-22-10-6-20(7-11-22)25(31)23-24(19-4-8-21(34-3)9-5-19)30(27(33)26(23)32)17-16-29-14-12-28-13-15-29/h4-11,18,24,28,31H,12-17H2,1-3H3/b25-23-. The van der Waals surface area contributed by atoms with E-state index in [0.29, 0.717) is 30.2 Å². The number of likely N-dealkylation sites (tertiary alicyclic amines) is 1. The summed E-state index contributed by atoms with van der Waals surface area (Å²) < 4.78 is 11.0. The molecule has 2 aliphatic heterocycles. The molecule has 0 bridgehead atoms. The van der Waals surface area contributed by atoms with Gasteiger partial charge in [-0.2, -0.15) is 0 Å². The van der Waals surface area contributed by atoms with Crippen LogP contribution >= 0.6 is 0 Å². The van der Waals surface area contributed by atoms with Crippen molar-refractivity contribution in [1.29, 1.82) is 0 Å². The molecule has 186 valence electrons. The number of rotatable bonds is 8. The minimum absolute atomic E-state index is 0.0190. The van der Waals surface area contributed by atoms with Gasteiger partial charge in [0.15, 0.2) is 0 Å². The SMILES string of the molecule is COc1ccc(C2/C(=C(/O)c3ccc(OC(C)C)cc3)C(=O)C(=O)N2CCN2CCNCC2)cc1. The average molecular weight is 480 g/mol. The Morgan fingerprint density at radius 1 is 1.00 bits per heavy atom. The number of Topliss-reactive ketones (excluding diaryl/α,β-unsaturated/α-hetero) is 1. The van der Waals surface area contributed by atoms with E-state index in [2.05, 4.69) is 10.2 Å². The van der Waals surface area contributed by atoms with Gasteiger partial charge in [-0.25, -0.2) is 0 Å². The number of methoxy groups -OCH3 is 1. The number of hydrogen-bond donors (Lipinski definition) is 2. The van der Waals surface area contributed by atoms with Crippen LogP contribution in [0.2, 0.25) is 0 Å². The molecule has 0 aromatic heterocycles. The number of nitrogens with one attached hydrogen (secondary N) is 1. The highest BCUT2D eigenvalue weighted by molar-refractivity contribution is 6.46. The van der Waals surface area contributed by atoms with E-state index >= 15 is 0 Å². The Morgan fingerprint density at radius 2 is 1.63 bits per heavy atom. The minimum atomic E-state index is -0.685. The van der Waals surface area contributed by atoms with E-state index in [9.17, 15) is 14.7 Å². The lowest BCUT2D eigenvalue weighted by Crippen LogP contribution is -2.46. The van der Waals surface area contributed by atoms with E-state index in [-0.39, 0.29) is 17.4 Å². The number of benzene rings is 2. The molecule has 2 saturated heterocycles. The number of aliphatic hydroxyl groups is 1. The first-order valence-corrected chi connectivity index (χ1v) is 12.0. The Kier molecular flexibility index (Phi) is 7.73. The van der Waals surface area contributed by atoms with Crippen LogP contribution in [0.4, 0.5) is 0 Å². The Bertz CT molecular complexity index is 1070. The van der Waals surface area contributed by atoms with Crippen LogP contribution in [-0.4, -0.2) is 79.1 Å². The molecular formula is C27H33N3O5. The summed E-state index contributed by atoms with van der Waals surface area (Å²) in [5.74, 6) is -0.120. The summed E-state index contributed by atoms with van der Waals surface area (Å²) >= 11 is 0. The summed E-state index contributed by atoms with van der Waals surface area (Å²) in [5, 5.41) is 14.6. The first-order valence-electron chi connectivity index (χ1n) is 12.0. The molecule has 1 amide bonds. The van der Waals surface area contributed by atoms with Crippen molar-refractivity contribution in [2.24, 2.45) is 0 Å². The molecule has 0 aliphatic carbocycles. The fraction of sp³-hybridized carbons (Fsp3) is 0.407. The van der Waals surface area contributed by atoms with Crippen molar-refractivity contribution in [3.8, 4) is 11.5 Å². The van der Waals surface area contributed by atoms with Crippen molar-refractivity contribution < 1.29 is 24.2 Å². The highest BCUT2D eigenvalue weighted by Crippen LogP contribution is 2.39. The highest BCUT2D eigenvalue weighted by atomic mass is 16.5. The zero-order chi connectivity index (χ0) is 24.9. The van der Waals surface area contributed by atoms with E-state index < -0.39 is 17.7 Å². The van der Waals surface area contributed by atoms with Gasteiger partial charge >= 0.3 is 0 Å². The van der Waals surface area contributed by atoms with E-state index in [0.717, 1.165) is 31.7 Å².